The summed E-state index contributed by atoms with van der Waals surface area (Å²) in [4.78, 5) is 25.7. The predicted octanol–water partition coefficient (Wildman–Crippen LogP) is 3.74. The van der Waals surface area contributed by atoms with Crippen molar-refractivity contribution < 1.29 is 13.6 Å². The fourth-order valence-electron chi connectivity index (χ4n) is 3.31. The molecular formula is C18H17ClF2N4O. The van der Waals surface area contributed by atoms with E-state index < -0.39 is 6.43 Å². The van der Waals surface area contributed by atoms with Crippen molar-refractivity contribution >= 4 is 23.3 Å². The summed E-state index contributed by atoms with van der Waals surface area (Å²) in [5.74, 6) is 1.34. The third-order valence-electron chi connectivity index (χ3n) is 4.80. The van der Waals surface area contributed by atoms with Gasteiger partial charge in [-0.1, -0.05) is 17.7 Å². The van der Waals surface area contributed by atoms with Crippen LogP contribution in [0.1, 0.15) is 45.8 Å². The van der Waals surface area contributed by atoms with E-state index in [1.165, 1.54) is 18.2 Å². The Balaban J connectivity index is 1.60. The number of nitrogens with zero attached hydrogens (tertiary/aromatic N) is 4. The first-order valence-electron chi connectivity index (χ1n) is 8.42. The molecule has 1 aromatic carbocycles. The van der Waals surface area contributed by atoms with Crippen LogP contribution in [0.3, 0.4) is 0 Å². The van der Waals surface area contributed by atoms with Crippen LogP contribution in [-0.2, 0) is 13.1 Å². The third-order valence-corrected chi connectivity index (χ3v) is 5.12. The minimum Gasteiger partial charge on any atom is -0.356 e. The van der Waals surface area contributed by atoms with Crippen LogP contribution in [0, 0.1) is 6.92 Å². The van der Waals surface area contributed by atoms with Crippen LogP contribution in [0.15, 0.2) is 18.2 Å². The standard InChI is InChI=1S/C18H17ClF2N4O/c1-10-22-15-9-25(8-13(15)17(23-10)24-5-2-6-24)18(26)11-3-4-12(16(20)21)14(19)7-11/h3-4,7,16H,2,5-6,8-9H2,1H3. The second-order valence-corrected chi connectivity index (χ2v) is 6.97. The number of aryl methyl sites for hydroxylation is 1. The topological polar surface area (TPSA) is 49.3 Å². The maximum absolute atomic E-state index is 12.8. The van der Waals surface area contributed by atoms with Crippen LogP contribution in [-0.4, -0.2) is 33.9 Å². The van der Waals surface area contributed by atoms with Gasteiger partial charge in [0.05, 0.1) is 23.8 Å². The predicted molar refractivity (Wildman–Crippen MR) is 93.6 cm³/mol. The number of amides is 1. The molecule has 136 valence electrons. The van der Waals surface area contributed by atoms with E-state index in [1.807, 2.05) is 6.92 Å². The first-order chi connectivity index (χ1) is 12.4. The van der Waals surface area contributed by atoms with Gasteiger partial charge >= 0.3 is 0 Å². The lowest BCUT2D eigenvalue weighted by Gasteiger charge is -2.33. The van der Waals surface area contributed by atoms with Crippen LogP contribution in [0.25, 0.3) is 0 Å². The molecule has 0 saturated carbocycles. The summed E-state index contributed by atoms with van der Waals surface area (Å²) >= 11 is 5.90. The van der Waals surface area contributed by atoms with E-state index in [0.29, 0.717) is 24.5 Å². The van der Waals surface area contributed by atoms with Gasteiger partial charge in [-0.3, -0.25) is 4.79 Å². The molecule has 0 bridgehead atoms. The van der Waals surface area contributed by atoms with Crippen molar-refractivity contribution in [3.05, 3.63) is 51.4 Å². The average molecular weight is 379 g/mol. The summed E-state index contributed by atoms with van der Waals surface area (Å²) in [5.41, 5.74) is 1.85. The molecule has 3 heterocycles. The lowest BCUT2D eigenvalue weighted by atomic mass is 10.1. The number of aromatic nitrogens is 2. The Kier molecular flexibility index (Phi) is 4.26. The molecule has 4 rings (SSSR count). The minimum absolute atomic E-state index is 0.0977. The summed E-state index contributed by atoms with van der Waals surface area (Å²) in [6.45, 7) is 4.56. The van der Waals surface area contributed by atoms with Crippen LogP contribution in [0.5, 0.6) is 0 Å². The maximum atomic E-state index is 12.8. The van der Waals surface area contributed by atoms with Crippen LogP contribution in [0.2, 0.25) is 5.02 Å². The Hall–Kier alpha value is -2.28. The minimum atomic E-state index is -2.67. The van der Waals surface area contributed by atoms with Gasteiger partial charge in [0.15, 0.2) is 0 Å². The number of hydrogen-bond acceptors (Lipinski definition) is 4. The molecule has 0 atom stereocenters. The number of rotatable bonds is 3. The number of carbonyl (C=O) groups excluding carboxylic acids is 1. The second-order valence-electron chi connectivity index (χ2n) is 6.56. The molecule has 2 aliphatic rings. The number of hydrogen-bond donors (Lipinski definition) is 0. The molecule has 0 spiro atoms. The van der Waals surface area contributed by atoms with E-state index in [1.54, 1.807) is 4.90 Å². The second kappa shape index (κ2) is 6.46. The highest BCUT2D eigenvalue weighted by Gasteiger charge is 2.32. The van der Waals surface area contributed by atoms with Crippen LogP contribution < -0.4 is 4.90 Å². The molecule has 1 amide bonds. The van der Waals surface area contributed by atoms with Crippen molar-refractivity contribution in [3.8, 4) is 0 Å². The monoisotopic (exact) mass is 378 g/mol. The van der Waals surface area contributed by atoms with Gasteiger partial charge in [0.2, 0.25) is 0 Å². The number of fused-ring (bicyclic) bond motifs is 1. The van der Waals surface area contributed by atoms with E-state index in [2.05, 4.69) is 14.9 Å². The van der Waals surface area contributed by atoms with Gasteiger partial charge < -0.3 is 9.80 Å². The summed E-state index contributed by atoms with van der Waals surface area (Å²) in [7, 11) is 0. The highest BCUT2D eigenvalue weighted by atomic mass is 35.5. The molecule has 26 heavy (non-hydrogen) atoms. The van der Waals surface area contributed by atoms with Crippen molar-refractivity contribution in [2.24, 2.45) is 0 Å². The smallest absolute Gasteiger partial charge is 0.265 e. The van der Waals surface area contributed by atoms with Crippen molar-refractivity contribution in [1.82, 2.24) is 14.9 Å². The van der Waals surface area contributed by atoms with E-state index in [0.717, 1.165) is 36.6 Å². The highest BCUT2D eigenvalue weighted by molar-refractivity contribution is 6.31. The maximum Gasteiger partial charge on any atom is 0.265 e. The average Bonchev–Trinajstić information content (AvgIpc) is 2.96. The Morgan fingerprint density at radius 2 is 2.00 bits per heavy atom. The molecule has 1 aromatic heterocycles. The Labute approximate surface area is 154 Å². The van der Waals surface area contributed by atoms with E-state index in [-0.39, 0.29) is 16.5 Å². The van der Waals surface area contributed by atoms with Gasteiger partial charge in [-0.15, -0.1) is 0 Å². The lowest BCUT2D eigenvalue weighted by molar-refractivity contribution is 0.0750. The molecule has 8 heteroatoms. The molecular weight excluding hydrogens is 362 g/mol. The van der Waals surface area contributed by atoms with Gasteiger partial charge in [-0.25, -0.2) is 18.7 Å². The zero-order valence-electron chi connectivity index (χ0n) is 14.2. The van der Waals surface area contributed by atoms with Gasteiger partial charge in [0, 0.05) is 29.8 Å². The normalized spacial score (nSPS) is 16.0. The Morgan fingerprint density at radius 3 is 2.62 bits per heavy atom. The Morgan fingerprint density at radius 1 is 1.23 bits per heavy atom. The van der Waals surface area contributed by atoms with E-state index >= 15 is 0 Å². The summed E-state index contributed by atoms with van der Waals surface area (Å²) in [5, 5.41) is -0.0977. The van der Waals surface area contributed by atoms with Crippen molar-refractivity contribution in [2.75, 3.05) is 18.0 Å². The van der Waals surface area contributed by atoms with E-state index in [4.69, 9.17) is 11.6 Å². The molecule has 2 aliphatic heterocycles. The summed E-state index contributed by atoms with van der Waals surface area (Å²) < 4.78 is 25.7. The fraction of sp³-hybridized carbons (Fsp3) is 0.389. The first-order valence-corrected chi connectivity index (χ1v) is 8.80. The van der Waals surface area contributed by atoms with Crippen molar-refractivity contribution in [1.29, 1.82) is 0 Å². The zero-order chi connectivity index (χ0) is 18.4. The fourth-order valence-corrected chi connectivity index (χ4v) is 3.57. The van der Waals surface area contributed by atoms with Crippen molar-refractivity contribution in [2.45, 2.75) is 32.9 Å². The molecule has 0 N–H and O–H groups in total. The molecule has 0 aliphatic carbocycles. The molecule has 2 aromatic rings. The number of benzene rings is 1. The number of halogens is 3. The van der Waals surface area contributed by atoms with E-state index in [9.17, 15) is 13.6 Å². The largest absolute Gasteiger partial charge is 0.356 e. The van der Waals surface area contributed by atoms with Crippen LogP contribution >= 0.6 is 11.6 Å². The SMILES string of the molecule is Cc1nc2c(c(N3CCC3)n1)CN(C(=O)c1ccc(C(F)F)c(Cl)c1)C2. The van der Waals surface area contributed by atoms with Crippen molar-refractivity contribution in [3.63, 3.8) is 0 Å². The van der Waals surface area contributed by atoms with Gasteiger partial charge in [0.1, 0.15) is 11.6 Å². The zero-order valence-corrected chi connectivity index (χ0v) is 14.9. The quantitative estimate of drug-likeness (QED) is 0.816. The summed E-state index contributed by atoms with van der Waals surface area (Å²) in [6.07, 6.45) is -1.53. The van der Waals surface area contributed by atoms with Gasteiger partial charge in [0.25, 0.3) is 12.3 Å². The third kappa shape index (κ3) is 2.90. The molecule has 1 fully saturated rings. The number of anilines is 1. The molecule has 5 nitrogen and oxygen atoms in total. The molecule has 0 unspecified atom stereocenters. The molecule has 1 saturated heterocycles. The highest BCUT2D eigenvalue weighted by Crippen LogP contribution is 2.33. The van der Waals surface area contributed by atoms with Crippen LogP contribution in [0.4, 0.5) is 14.6 Å². The first kappa shape index (κ1) is 17.1. The Bertz CT molecular complexity index is 886. The van der Waals surface area contributed by atoms with Gasteiger partial charge in [-0.2, -0.15) is 0 Å². The number of carbonyl (C=O) groups is 1. The summed E-state index contributed by atoms with van der Waals surface area (Å²) in [6, 6.07) is 3.91. The van der Waals surface area contributed by atoms with Gasteiger partial charge in [-0.05, 0) is 25.5 Å². The lowest BCUT2D eigenvalue weighted by Crippen LogP contribution is -2.38. The molecule has 0 radical (unpaired) electrons. The number of alkyl halides is 2.